The lowest BCUT2D eigenvalue weighted by Crippen LogP contribution is -2.07. The molecule has 0 atom stereocenters. The molecule has 0 bridgehead atoms. The Morgan fingerprint density at radius 3 is 2.54 bits per heavy atom. The van der Waals surface area contributed by atoms with Gasteiger partial charge in [0.2, 0.25) is 0 Å². The van der Waals surface area contributed by atoms with Crippen molar-refractivity contribution in [2.75, 3.05) is 0 Å². The number of rotatable bonds is 3. The minimum atomic E-state index is -0.265. The monoisotopic (exact) mass is 176 g/mol. The van der Waals surface area contributed by atoms with Crippen molar-refractivity contribution in [2.24, 2.45) is 0 Å². The number of ether oxygens (including phenoxy) is 1. The van der Waals surface area contributed by atoms with Crippen LogP contribution in [0.5, 0.6) is 5.75 Å². The van der Waals surface area contributed by atoms with E-state index in [1.807, 2.05) is 18.2 Å². The first kappa shape index (κ1) is 9.52. The summed E-state index contributed by atoms with van der Waals surface area (Å²) in [5, 5.41) is 0. The third kappa shape index (κ3) is 3.56. The van der Waals surface area contributed by atoms with Gasteiger partial charge in [-0.3, -0.25) is 4.79 Å². The molecule has 0 radical (unpaired) electrons. The molecule has 0 aliphatic heterocycles. The van der Waals surface area contributed by atoms with Crippen LogP contribution in [-0.4, -0.2) is 5.97 Å². The van der Waals surface area contributed by atoms with E-state index in [1.54, 1.807) is 19.1 Å². The van der Waals surface area contributed by atoms with Crippen LogP contribution in [0.4, 0.5) is 0 Å². The largest absolute Gasteiger partial charge is 0.426 e. The summed E-state index contributed by atoms with van der Waals surface area (Å²) in [5.74, 6) is 0.312. The summed E-state index contributed by atoms with van der Waals surface area (Å²) in [6.07, 6.45) is 0.273. The minimum Gasteiger partial charge on any atom is -0.426 e. The summed E-state index contributed by atoms with van der Waals surface area (Å²) in [7, 11) is 0. The lowest BCUT2D eigenvalue weighted by Gasteiger charge is -2.02. The third-order valence-electron chi connectivity index (χ3n) is 1.42. The van der Waals surface area contributed by atoms with Crippen LogP contribution in [0.2, 0.25) is 0 Å². The SMILES string of the molecule is C=C(C)CC(=O)Oc1ccccc1. The van der Waals surface area contributed by atoms with E-state index in [0.29, 0.717) is 5.75 Å². The smallest absolute Gasteiger partial charge is 0.315 e. The Kier molecular flexibility index (Phi) is 3.26. The summed E-state index contributed by atoms with van der Waals surface area (Å²) >= 11 is 0. The average Bonchev–Trinajstić information content (AvgIpc) is 2.04. The number of para-hydroxylation sites is 1. The second-order valence-corrected chi connectivity index (χ2v) is 2.92. The Labute approximate surface area is 77.8 Å². The zero-order chi connectivity index (χ0) is 9.68. The van der Waals surface area contributed by atoms with E-state index in [1.165, 1.54) is 0 Å². The molecule has 0 spiro atoms. The van der Waals surface area contributed by atoms with Gasteiger partial charge < -0.3 is 4.74 Å². The van der Waals surface area contributed by atoms with Gasteiger partial charge in [-0.25, -0.2) is 0 Å². The molecule has 13 heavy (non-hydrogen) atoms. The minimum absolute atomic E-state index is 0.265. The lowest BCUT2D eigenvalue weighted by atomic mass is 10.2. The Bertz CT molecular complexity index is 301. The van der Waals surface area contributed by atoms with Crippen LogP contribution in [0, 0.1) is 0 Å². The van der Waals surface area contributed by atoms with Crippen LogP contribution in [0.3, 0.4) is 0 Å². The van der Waals surface area contributed by atoms with Gasteiger partial charge in [0.1, 0.15) is 5.75 Å². The fourth-order valence-electron chi connectivity index (χ4n) is 0.902. The van der Waals surface area contributed by atoms with E-state index in [9.17, 15) is 4.79 Å². The van der Waals surface area contributed by atoms with Gasteiger partial charge in [0.15, 0.2) is 0 Å². The molecule has 68 valence electrons. The van der Waals surface area contributed by atoms with Crippen molar-refractivity contribution in [3.8, 4) is 5.75 Å². The Morgan fingerprint density at radius 2 is 2.00 bits per heavy atom. The zero-order valence-corrected chi connectivity index (χ0v) is 7.62. The predicted octanol–water partition coefficient (Wildman–Crippen LogP) is 2.56. The quantitative estimate of drug-likeness (QED) is 0.402. The first-order valence-corrected chi connectivity index (χ1v) is 4.08. The molecule has 0 N–H and O–H groups in total. The molecule has 0 saturated heterocycles. The van der Waals surface area contributed by atoms with Crippen molar-refractivity contribution in [2.45, 2.75) is 13.3 Å². The van der Waals surface area contributed by atoms with Crippen LogP contribution >= 0.6 is 0 Å². The number of carbonyl (C=O) groups is 1. The molecule has 0 aliphatic rings. The van der Waals surface area contributed by atoms with Crippen LogP contribution in [0.15, 0.2) is 42.5 Å². The van der Waals surface area contributed by atoms with E-state index < -0.39 is 0 Å². The maximum Gasteiger partial charge on any atom is 0.315 e. The van der Waals surface area contributed by atoms with Crippen molar-refractivity contribution in [1.29, 1.82) is 0 Å². The number of benzene rings is 1. The number of carbonyl (C=O) groups excluding carboxylic acids is 1. The van der Waals surface area contributed by atoms with E-state index in [2.05, 4.69) is 6.58 Å². The first-order valence-electron chi connectivity index (χ1n) is 4.08. The highest BCUT2D eigenvalue weighted by atomic mass is 16.5. The molecule has 0 aromatic heterocycles. The van der Waals surface area contributed by atoms with Crippen molar-refractivity contribution in [3.63, 3.8) is 0 Å². The van der Waals surface area contributed by atoms with Crippen LogP contribution < -0.4 is 4.74 Å². The van der Waals surface area contributed by atoms with Gasteiger partial charge >= 0.3 is 5.97 Å². The van der Waals surface area contributed by atoms with Crippen LogP contribution in [0.1, 0.15) is 13.3 Å². The van der Waals surface area contributed by atoms with Crippen LogP contribution in [0.25, 0.3) is 0 Å². The van der Waals surface area contributed by atoms with Gasteiger partial charge in [-0.05, 0) is 19.1 Å². The lowest BCUT2D eigenvalue weighted by molar-refractivity contribution is -0.133. The van der Waals surface area contributed by atoms with E-state index in [4.69, 9.17) is 4.74 Å². The fourth-order valence-corrected chi connectivity index (χ4v) is 0.902. The molecular weight excluding hydrogens is 164 g/mol. The molecule has 0 saturated carbocycles. The number of hydrogen-bond acceptors (Lipinski definition) is 2. The van der Waals surface area contributed by atoms with E-state index in [0.717, 1.165) is 5.57 Å². The number of hydrogen-bond donors (Lipinski definition) is 0. The maximum atomic E-state index is 11.1. The summed E-state index contributed by atoms with van der Waals surface area (Å²) in [6, 6.07) is 9.01. The molecule has 0 fully saturated rings. The standard InChI is InChI=1S/C11H12O2/c1-9(2)8-11(12)13-10-6-4-3-5-7-10/h3-7H,1,8H2,2H3. The highest BCUT2D eigenvalue weighted by molar-refractivity contribution is 5.74. The molecule has 1 aromatic carbocycles. The van der Waals surface area contributed by atoms with Crippen molar-refractivity contribution in [1.82, 2.24) is 0 Å². The molecule has 0 heterocycles. The normalized spacial score (nSPS) is 9.31. The van der Waals surface area contributed by atoms with Gasteiger partial charge in [-0.15, -0.1) is 0 Å². The van der Waals surface area contributed by atoms with Gasteiger partial charge in [0.25, 0.3) is 0 Å². The van der Waals surface area contributed by atoms with Crippen molar-refractivity contribution in [3.05, 3.63) is 42.5 Å². The third-order valence-corrected chi connectivity index (χ3v) is 1.42. The molecule has 1 aromatic rings. The summed E-state index contributed by atoms with van der Waals surface area (Å²) in [4.78, 5) is 11.1. The fraction of sp³-hybridized carbons (Fsp3) is 0.182. The Morgan fingerprint density at radius 1 is 1.38 bits per heavy atom. The highest BCUT2D eigenvalue weighted by Gasteiger charge is 2.03. The summed E-state index contributed by atoms with van der Waals surface area (Å²) in [5.41, 5.74) is 0.806. The van der Waals surface area contributed by atoms with Gasteiger partial charge in [-0.2, -0.15) is 0 Å². The molecule has 0 amide bonds. The molecule has 2 nitrogen and oxygen atoms in total. The molecule has 0 aliphatic carbocycles. The Balaban J connectivity index is 2.50. The van der Waals surface area contributed by atoms with Gasteiger partial charge in [-0.1, -0.05) is 30.4 Å². The van der Waals surface area contributed by atoms with Crippen molar-refractivity contribution >= 4 is 5.97 Å². The maximum absolute atomic E-state index is 11.1. The van der Waals surface area contributed by atoms with Crippen LogP contribution in [-0.2, 0) is 4.79 Å². The first-order chi connectivity index (χ1) is 6.18. The van der Waals surface area contributed by atoms with Gasteiger partial charge in [0.05, 0.1) is 6.42 Å². The molecule has 1 rings (SSSR count). The van der Waals surface area contributed by atoms with Gasteiger partial charge in [0, 0.05) is 0 Å². The molecule has 2 heteroatoms. The second-order valence-electron chi connectivity index (χ2n) is 2.92. The van der Waals surface area contributed by atoms with Crippen molar-refractivity contribution < 1.29 is 9.53 Å². The average molecular weight is 176 g/mol. The molecule has 0 unspecified atom stereocenters. The van der Waals surface area contributed by atoms with E-state index >= 15 is 0 Å². The topological polar surface area (TPSA) is 26.3 Å². The highest BCUT2D eigenvalue weighted by Crippen LogP contribution is 2.10. The van der Waals surface area contributed by atoms with E-state index in [-0.39, 0.29) is 12.4 Å². The summed E-state index contributed by atoms with van der Waals surface area (Å²) < 4.78 is 5.03. The predicted molar refractivity (Wildman–Crippen MR) is 51.5 cm³/mol. The second kappa shape index (κ2) is 4.45. The number of esters is 1. The Hall–Kier alpha value is -1.57. The molecular formula is C11H12O2. The summed E-state index contributed by atoms with van der Waals surface area (Å²) in [6.45, 7) is 5.43. The zero-order valence-electron chi connectivity index (χ0n) is 7.62.